The second-order valence-electron chi connectivity index (χ2n) is 7.45. The number of benzene rings is 3. The van der Waals surface area contributed by atoms with Crippen LogP contribution in [0, 0.1) is 10.1 Å². The molecule has 33 heavy (non-hydrogen) atoms. The van der Waals surface area contributed by atoms with E-state index in [-0.39, 0.29) is 33.7 Å². The zero-order valence-corrected chi connectivity index (χ0v) is 18.6. The van der Waals surface area contributed by atoms with Gasteiger partial charge in [-0.05, 0) is 32.0 Å². The number of ether oxygens (including phenoxy) is 1. The molecule has 166 valence electrons. The molecule has 0 spiro atoms. The molecule has 0 unspecified atom stereocenters. The number of aromatic nitrogens is 2. The molecule has 8 nitrogen and oxygen atoms in total. The van der Waals surface area contributed by atoms with E-state index in [1.165, 1.54) is 23.0 Å². The number of halogens is 1. The molecule has 0 N–H and O–H groups in total. The van der Waals surface area contributed by atoms with E-state index in [9.17, 15) is 14.9 Å². The van der Waals surface area contributed by atoms with Crippen LogP contribution in [0.4, 0.5) is 5.69 Å². The first-order valence-corrected chi connectivity index (χ1v) is 10.5. The first kappa shape index (κ1) is 22.2. The predicted molar refractivity (Wildman–Crippen MR) is 128 cm³/mol. The molecule has 0 atom stereocenters. The van der Waals surface area contributed by atoms with Crippen LogP contribution in [0.2, 0.25) is 5.02 Å². The molecule has 4 aromatic rings. The maximum Gasteiger partial charge on any atom is 0.313 e. The Bertz CT molecular complexity index is 1430. The van der Waals surface area contributed by atoms with Gasteiger partial charge >= 0.3 is 5.69 Å². The minimum absolute atomic E-state index is 0.0196. The van der Waals surface area contributed by atoms with Crippen molar-refractivity contribution in [3.05, 3.63) is 97.8 Å². The third kappa shape index (κ3) is 4.61. The van der Waals surface area contributed by atoms with Crippen LogP contribution in [0.15, 0.2) is 76.6 Å². The first-order chi connectivity index (χ1) is 15.8. The molecule has 1 heterocycles. The normalized spacial score (nSPS) is 11.4. The molecule has 0 aliphatic heterocycles. The summed E-state index contributed by atoms with van der Waals surface area (Å²) >= 11 is 6.12. The average Bonchev–Trinajstić information content (AvgIpc) is 2.79. The zero-order chi connectivity index (χ0) is 23.5. The summed E-state index contributed by atoms with van der Waals surface area (Å²) in [4.78, 5) is 28.9. The fourth-order valence-corrected chi connectivity index (χ4v) is 3.54. The number of fused-ring (bicyclic) bond motifs is 1. The van der Waals surface area contributed by atoms with Crippen molar-refractivity contribution in [1.82, 2.24) is 9.66 Å². The van der Waals surface area contributed by atoms with E-state index < -0.39 is 4.92 Å². The van der Waals surface area contributed by atoms with Crippen LogP contribution in [0.3, 0.4) is 0 Å². The number of para-hydroxylation sites is 1. The lowest BCUT2D eigenvalue weighted by Crippen LogP contribution is -2.20. The fourth-order valence-electron chi connectivity index (χ4n) is 3.32. The van der Waals surface area contributed by atoms with Gasteiger partial charge in [0, 0.05) is 22.2 Å². The fraction of sp³-hybridized carbons (Fsp3) is 0.125. The van der Waals surface area contributed by atoms with E-state index in [1.807, 2.05) is 30.3 Å². The molecule has 3 aromatic carbocycles. The largest absolute Gasteiger partial charge is 0.484 e. The lowest BCUT2D eigenvalue weighted by Gasteiger charge is -2.13. The Hall–Kier alpha value is -4.04. The average molecular weight is 463 g/mol. The summed E-state index contributed by atoms with van der Waals surface area (Å²) in [6.07, 6.45) is 0.989. The van der Waals surface area contributed by atoms with Crippen LogP contribution in [0.5, 0.6) is 5.75 Å². The van der Waals surface area contributed by atoms with Crippen molar-refractivity contribution in [1.29, 1.82) is 0 Å². The molecule has 0 saturated heterocycles. The number of nitrogens with zero attached hydrogens (tertiary/aromatic N) is 4. The van der Waals surface area contributed by atoms with E-state index in [0.717, 1.165) is 0 Å². The van der Waals surface area contributed by atoms with Gasteiger partial charge in [-0.2, -0.15) is 9.78 Å². The SMILES string of the molecule is CC(C)Oc1c(C=Nn2c(-c3ccccc3)nc3ccccc3c2=O)cc(Cl)cc1[N+](=O)[O-]. The Kier molecular flexibility index (Phi) is 6.19. The van der Waals surface area contributed by atoms with Gasteiger partial charge in [-0.1, -0.05) is 54.1 Å². The molecular weight excluding hydrogens is 444 g/mol. The van der Waals surface area contributed by atoms with Crippen LogP contribution in [-0.2, 0) is 0 Å². The summed E-state index contributed by atoms with van der Waals surface area (Å²) in [5, 5.41) is 16.5. The Balaban J connectivity index is 1.95. The highest BCUT2D eigenvalue weighted by atomic mass is 35.5. The lowest BCUT2D eigenvalue weighted by atomic mass is 10.2. The topological polar surface area (TPSA) is 99.6 Å². The van der Waals surface area contributed by atoms with Gasteiger partial charge in [-0.3, -0.25) is 14.9 Å². The Morgan fingerprint density at radius 2 is 1.82 bits per heavy atom. The summed E-state index contributed by atoms with van der Waals surface area (Å²) in [6, 6.07) is 18.9. The zero-order valence-electron chi connectivity index (χ0n) is 17.8. The van der Waals surface area contributed by atoms with Crippen molar-refractivity contribution in [2.24, 2.45) is 5.10 Å². The number of rotatable bonds is 6. The second kappa shape index (κ2) is 9.22. The minimum Gasteiger partial charge on any atom is -0.484 e. The summed E-state index contributed by atoms with van der Waals surface area (Å²) < 4.78 is 6.87. The van der Waals surface area contributed by atoms with Crippen molar-refractivity contribution < 1.29 is 9.66 Å². The minimum atomic E-state index is -0.569. The highest BCUT2D eigenvalue weighted by Gasteiger charge is 2.22. The van der Waals surface area contributed by atoms with Gasteiger partial charge in [0.15, 0.2) is 5.82 Å². The highest BCUT2D eigenvalue weighted by molar-refractivity contribution is 6.31. The van der Waals surface area contributed by atoms with Gasteiger partial charge in [-0.25, -0.2) is 4.98 Å². The molecule has 0 amide bonds. The molecule has 9 heteroatoms. The molecule has 0 aliphatic carbocycles. The van der Waals surface area contributed by atoms with Crippen molar-refractivity contribution in [2.75, 3.05) is 0 Å². The van der Waals surface area contributed by atoms with Crippen LogP contribution in [0.25, 0.3) is 22.3 Å². The predicted octanol–water partition coefficient (Wildman–Crippen LogP) is 5.29. The Morgan fingerprint density at radius 1 is 1.12 bits per heavy atom. The smallest absolute Gasteiger partial charge is 0.313 e. The molecule has 0 fully saturated rings. The van der Waals surface area contributed by atoms with E-state index in [0.29, 0.717) is 22.3 Å². The molecule has 1 aromatic heterocycles. The number of nitro benzene ring substituents is 1. The van der Waals surface area contributed by atoms with Gasteiger partial charge in [0.25, 0.3) is 5.56 Å². The highest BCUT2D eigenvalue weighted by Crippen LogP contribution is 2.34. The van der Waals surface area contributed by atoms with Crippen LogP contribution in [-0.4, -0.2) is 26.9 Å². The summed E-state index contributed by atoms with van der Waals surface area (Å²) in [6.45, 7) is 3.51. The Labute approximate surface area is 193 Å². The van der Waals surface area contributed by atoms with Gasteiger partial charge in [-0.15, -0.1) is 0 Å². The van der Waals surface area contributed by atoms with E-state index >= 15 is 0 Å². The number of hydrogen-bond acceptors (Lipinski definition) is 6. The van der Waals surface area contributed by atoms with Crippen molar-refractivity contribution in [3.8, 4) is 17.1 Å². The maximum atomic E-state index is 13.3. The van der Waals surface area contributed by atoms with Gasteiger partial charge in [0.05, 0.1) is 28.1 Å². The maximum absolute atomic E-state index is 13.3. The number of hydrogen-bond donors (Lipinski definition) is 0. The van der Waals surface area contributed by atoms with Gasteiger partial charge in [0.1, 0.15) is 0 Å². The summed E-state index contributed by atoms with van der Waals surface area (Å²) in [7, 11) is 0. The second-order valence-corrected chi connectivity index (χ2v) is 7.88. The monoisotopic (exact) mass is 462 g/mol. The van der Waals surface area contributed by atoms with Crippen molar-refractivity contribution >= 4 is 34.4 Å². The van der Waals surface area contributed by atoms with Crippen LogP contribution in [0.1, 0.15) is 19.4 Å². The van der Waals surface area contributed by atoms with Crippen molar-refractivity contribution in [3.63, 3.8) is 0 Å². The summed E-state index contributed by atoms with van der Waals surface area (Å²) in [5.74, 6) is 0.351. The molecule has 0 aliphatic rings. The van der Waals surface area contributed by atoms with E-state index in [2.05, 4.69) is 10.1 Å². The molecule has 0 saturated carbocycles. The van der Waals surface area contributed by atoms with Crippen LogP contribution >= 0.6 is 11.6 Å². The Morgan fingerprint density at radius 3 is 2.52 bits per heavy atom. The lowest BCUT2D eigenvalue weighted by molar-refractivity contribution is -0.386. The first-order valence-electron chi connectivity index (χ1n) is 10.1. The standard InChI is InChI=1S/C24H19ClN4O4/c1-15(2)33-22-17(12-18(25)13-21(22)29(31)32)14-26-28-23(16-8-4-3-5-9-16)27-20-11-7-6-10-19(20)24(28)30/h3-15H,1-2H3. The van der Waals surface area contributed by atoms with E-state index in [1.54, 1.807) is 38.1 Å². The molecular formula is C24H19ClN4O4. The van der Waals surface area contributed by atoms with Crippen LogP contribution < -0.4 is 10.3 Å². The number of nitro groups is 1. The quantitative estimate of drug-likeness (QED) is 0.220. The molecule has 4 rings (SSSR count). The third-order valence-electron chi connectivity index (χ3n) is 4.71. The van der Waals surface area contributed by atoms with Gasteiger partial charge < -0.3 is 4.74 Å². The summed E-state index contributed by atoms with van der Waals surface area (Å²) in [5.41, 5.74) is 0.828. The molecule has 0 bridgehead atoms. The third-order valence-corrected chi connectivity index (χ3v) is 4.93. The van der Waals surface area contributed by atoms with Gasteiger partial charge in [0.2, 0.25) is 5.75 Å². The molecule has 0 radical (unpaired) electrons. The van der Waals surface area contributed by atoms with E-state index in [4.69, 9.17) is 16.3 Å². The van der Waals surface area contributed by atoms with Crippen molar-refractivity contribution in [2.45, 2.75) is 20.0 Å².